The van der Waals surface area contributed by atoms with Gasteiger partial charge in [0.05, 0.1) is 6.10 Å². The van der Waals surface area contributed by atoms with E-state index in [0.29, 0.717) is 40.8 Å². The summed E-state index contributed by atoms with van der Waals surface area (Å²) in [5.74, 6) is 3.10. The first-order valence-electron chi connectivity index (χ1n) is 13.1. The van der Waals surface area contributed by atoms with Crippen molar-refractivity contribution in [1.82, 2.24) is 0 Å². The Morgan fingerprint density at radius 1 is 0.903 bits per heavy atom. The quantitative estimate of drug-likeness (QED) is 0.568. The number of ketones is 1. The van der Waals surface area contributed by atoms with E-state index in [0.717, 1.165) is 24.3 Å². The predicted molar refractivity (Wildman–Crippen MR) is 125 cm³/mol. The number of nitrogens with two attached hydrogens (primary N) is 1. The number of carbonyl (C=O) groups is 1. The molecule has 0 aromatic heterocycles. The number of rotatable bonds is 1. The first-order valence-corrected chi connectivity index (χ1v) is 13.1. The SMILES string of the molecule is CC(C)C1=C2C3CCC4[C@@](C)(CCC5C(C)(C)[C@@H](O)CC[C@@]54C)C3CCC2(N)CC1=O. The van der Waals surface area contributed by atoms with Crippen molar-refractivity contribution >= 4 is 5.78 Å². The molecule has 0 radical (unpaired) electrons. The molecule has 5 rings (SSSR count). The van der Waals surface area contributed by atoms with Crippen LogP contribution in [0.15, 0.2) is 11.1 Å². The Kier molecular flexibility index (Phi) is 4.78. The molecule has 0 aliphatic heterocycles. The molecule has 3 heteroatoms. The highest BCUT2D eigenvalue weighted by Crippen LogP contribution is 2.71. The average Bonchev–Trinajstić information content (AvgIpc) is 2.95. The van der Waals surface area contributed by atoms with E-state index in [-0.39, 0.29) is 23.0 Å². The first-order chi connectivity index (χ1) is 14.4. The molecule has 5 aliphatic carbocycles. The second-order valence-electron chi connectivity index (χ2n) is 13.6. The number of fused-ring (bicyclic) bond motifs is 7. The molecule has 4 fully saturated rings. The van der Waals surface area contributed by atoms with Crippen molar-refractivity contribution in [1.29, 1.82) is 0 Å². The summed E-state index contributed by atoms with van der Waals surface area (Å²) in [6.45, 7) is 14.2. The second-order valence-corrected chi connectivity index (χ2v) is 13.6. The Labute approximate surface area is 189 Å². The lowest BCUT2D eigenvalue weighted by Gasteiger charge is -2.68. The van der Waals surface area contributed by atoms with E-state index in [1.165, 1.54) is 44.1 Å². The zero-order valence-corrected chi connectivity index (χ0v) is 20.8. The second kappa shape index (κ2) is 6.69. The molecule has 0 spiro atoms. The molecule has 0 heterocycles. The molecule has 0 aromatic rings. The molecule has 3 N–H and O–H groups in total. The molecule has 0 amide bonds. The van der Waals surface area contributed by atoms with Crippen molar-refractivity contribution in [2.45, 2.75) is 111 Å². The van der Waals surface area contributed by atoms with Crippen LogP contribution in [-0.4, -0.2) is 22.5 Å². The summed E-state index contributed by atoms with van der Waals surface area (Å²) in [4.78, 5) is 13.0. The smallest absolute Gasteiger partial charge is 0.161 e. The largest absolute Gasteiger partial charge is 0.393 e. The molecule has 0 aromatic carbocycles. The summed E-state index contributed by atoms with van der Waals surface area (Å²) in [5.41, 5.74) is 9.75. The van der Waals surface area contributed by atoms with Crippen molar-refractivity contribution in [3.8, 4) is 0 Å². The maximum atomic E-state index is 13.0. The van der Waals surface area contributed by atoms with Gasteiger partial charge in [-0.2, -0.15) is 0 Å². The standard InChI is InChI=1S/C28H45NO2/c1-16(2)23-19(30)15-28(29)14-9-18-17(24(23)28)7-8-21-26(18,5)12-10-20-25(3,4)22(31)11-13-27(20,21)6/h16-18,20-22,31H,7-15,29H2,1-6H3/t17?,18?,20?,21?,22-,26-,27-,28?/m0/s1. The molecule has 4 saturated carbocycles. The number of aliphatic hydroxyl groups excluding tert-OH is 1. The van der Waals surface area contributed by atoms with E-state index < -0.39 is 0 Å². The third-order valence-corrected chi connectivity index (χ3v) is 11.6. The fourth-order valence-electron chi connectivity index (χ4n) is 10.3. The fourth-order valence-corrected chi connectivity index (χ4v) is 10.3. The van der Waals surface area contributed by atoms with E-state index in [1.54, 1.807) is 0 Å². The average molecular weight is 428 g/mol. The molecule has 0 saturated heterocycles. The number of carbonyl (C=O) groups excluding carboxylic acids is 1. The fraction of sp³-hybridized carbons (Fsp3) is 0.893. The topological polar surface area (TPSA) is 63.3 Å². The highest BCUT2D eigenvalue weighted by atomic mass is 16.3. The summed E-state index contributed by atoms with van der Waals surface area (Å²) in [6, 6.07) is 0. The van der Waals surface area contributed by atoms with Gasteiger partial charge in [-0.25, -0.2) is 0 Å². The molecular formula is C28H45NO2. The highest BCUT2D eigenvalue weighted by Gasteiger charge is 2.65. The minimum atomic E-state index is -0.362. The number of hydrogen-bond acceptors (Lipinski definition) is 3. The van der Waals surface area contributed by atoms with Gasteiger partial charge in [0.15, 0.2) is 5.78 Å². The molecule has 5 aliphatic rings. The van der Waals surface area contributed by atoms with E-state index in [2.05, 4.69) is 41.5 Å². The van der Waals surface area contributed by atoms with E-state index in [9.17, 15) is 9.90 Å². The maximum Gasteiger partial charge on any atom is 0.161 e. The van der Waals surface area contributed by atoms with Crippen LogP contribution in [0, 0.1) is 45.8 Å². The third kappa shape index (κ3) is 2.75. The van der Waals surface area contributed by atoms with Gasteiger partial charge in [-0.05, 0) is 108 Å². The zero-order valence-electron chi connectivity index (χ0n) is 20.8. The van der Waals surface area contributed by atoms with Gasteiger partial charge in [-0.15, -0.1) is 0 Å². The van der Waals surface area contributed by atoms with Crippen molar-refractivity contribution in [3.63, 3.8) is 0 Å². The molecule has 8 atom stereocenters. The van der Waals surface area contributed by atoms with Crippen LogP contribution in [-0.2, 0) is 4.79 Å². The Balaban J connectivity index is 1.55. The van der Waals surface area contributed by atoms with Gasteiger partial charge in [0.1, 0.15) is 0 Å². The van der Waals surface area contributed by atoms with Crippen LogP contribution in [0.3, 0.4) is 0 Å². The lowest BCUT2D eigenvalue weighted by Crippen LogP contribution is -2.63. The van der Waals surface area contributed by atoms with Crippen LogP contribution in [0.1, 0.15) is 99.3 Å². The lowest BCUT2D eigenvalue weighted by atomic mass is 9.37. The van der Waals surface area contributed by atoms with Crippen LogP contribution >= 0.6 is 0 Å². The summed E-state index contributed by atoms with van der Waals surface area (Å²) < 4.78 is 0. The van der Waals surface area contributed by atoms with Gasteiger partial charge in [-0.1, -0.05) is 41.5 Å². The lowest BCUT2D eigenvalue weighted by molar-refractivity contribution is -0.201. The third-order valence-electron chi connectivity index (χ3n) is 11.6. The van der Waals surface area contributed by atoms with Crippen molar-refractivity contribution in [3.05, 3.63) is 11.1 Å². The summed E-state index contributed by atoms with van der Waals surface area (Å²) in [7, 11) is 0. The molecule has 5 unspecified atom stereocenters. The number of hydrogen-bond donors (Lipinski definition) is 2. The number of aliphatic hydroxyl groups is 1. The van der Waals surface area contributed by atoms with E-state index in [1.807, 2.05) is 0 Å². The Bertz CT molecular complexity index is 827. The minimum Gasteiger partial charge on any atom is -0.393 e. The predicted octanol–water partition coefficient (Wildman–Crippen LogP) is 5.65. The van der Waals surface area contributed by atoms with Crippen molar-refractivity contribution in [2.24, 2.45) is 51.6 Å². The van der Waals surface area contributed by atoms with Gasteiger partial charge < -0.3 is 10.8 Å². The summed E-state index contributed by atoms with van der Waals surface area (Å²) in [5, 5.41) is 10.8. The molecule has 3 nitrogen and oxygen atoms in total. The zero-order chi connectivity index (χ0) is 22.6. The summed E-state index contributed by atoms with van der Waals surface area (Å²) in [6.07, 6.45) is 9.63. The first kappa shape index (κ1) is 22.1. The Morgan fingerprint density at radius 2 is 1.58 bits per heavy atom. The van der Waals surface area contributed by atoms with Crippen LogP contribution in [0.25, 0.3) is 0 Å². The minimum absolute atomic E-state index is 0.00929. The van der Waals surface area contributed by atoms with Gasteiger partial charge in [0.25, 0.3) is 0 Å². The number of allylic oxidation sites excluding steroid dienone is 1. The van der Waals surface area contributed by atoms with Crippen LogP contribution in [0.2, 0.25) is 0 Å². The Morgan fingerprint density at radius 3 is 2.26 bits per heavy atom. The Hall–Kier alpha value is -0.670. The van der Waals surface area contributed by atoms with Crippen LogP contribution in [0.5, 0.6) is 0 Å². The van der Waals surface area contributed by atoms with Crippen LogP contribution in [0.4, 0.5) is 0 Å². The monoisotopic (exact) mass is 427 g/mol. The highest BCUT2D eigenvalue weighted by molar-refractivity contribution is 6.01. The van der Waals surface area contributed by atoms with E-state index in [4.69, 9.17) is 5.73 Å². The van der Waals surface area contributed by atoms with Gasteiger partial charge in [-0.3, -0.25) is 4.79 Å². The normalized spacial score (nSPS) is 51.3. The molecular weight excluding hydrogens is 382 g/mol. The van der Waals surface area contributed by atoms with Gasteiger partial charge >= 0.3 is 0 Å². The van der Waals surface area contributed by atoms with Gasteiger partial charge in [0.2, 0.25) is 0 Å². The molecule has 174 valence electrons. The van der Waals surface area contributed by atoms with Crippen molar-refractivity contribution < 1.29 is 9.90 Å². The van der Waals surface area contributed by atoms with Crippen LogP contribution < -0.4 is 5.73 Å². The summed E-state index contributed by atoms with van der Waals surface area (Å²) >= 11 is 0. The van der Waals surface area contributed by atoms with E-state index >= 15 is 0 Å². The molecule has 31 heavy (non-hydrogen) atoms. The van der Waals surface area contributed by atoms with Gasteiger partial charge in [0, 0.05) is 12.0 Å². The molecule has 0 bridgehead atoms. The van der Waals surface area contributed by atoms with Crippen molar-refractivity contribution in [2.75, 3.05) is 0 Å². The maximum absolute atomic E-state index is 13.0. The number of Topliss-reactive ketones (excluding diaryl/α,β-unsaturated/α-hetero) is 1.